The number of benzene rings is 1. The quantitative estimate of drug-likeness (QED) is 0.320. The summed E-state index contributed by atoms with van der Waals surface area (Å²) >= 11 is 0. The van der Waals surface area contributed by atoms with E-state index in [0.717, 1.165) is 26.3 Å². The van der Waals surface area contributed by atoms with Gasteiger partial charge in [-0.25, -0.2) is 0 Å². The number of carbonyl (C=O) groups excluding carboxylic acids is 5. The van der Waals surface area contributed by atoms with E-state index < -0.39 is 79.0 Å². The summed E-state index contributed by atoms with van der Waals surface area (Å²) in [5.41, 5.74) is -0.711. The molecule has 0 saturated carbocycles. The Labute approximate surface area is 221 Å². The second kappa shape index (κ2) is 13.9. The molecule has 0 bridgehead atoms. The van der Waals surface area contributed by atoms with Crippen LogP contribution in [0.2, 0.25) is 0 Å². The van der Waals surface area contributed by atoms with Crippen LogP contribution in [-0.4, -0.2) is 72.3 Å². The van der Waals surface area contributed by atoms with Crippen LogP contribution >= 0.6 is 0 Å². The summed E-state index contributed by atoms with van der Waals surface area (Å²) in [4.78, 5) is 60.2. The van der Waals surface area contributed by atoms with Crippen molar-refractivity contribution in [2.75, 3.05) is 6.61 Å². The van der Waals surface area contributed by atoms with Crippen molar-refractivity contribution >= 4 is 29.8 Å². The van der Waals surface area contributed by atoms with E-state index in [0.29, 0.717) is 0 Å². The Bertz CT molecular complexity index is 1030. The van der Waals surface area contributed by atoms with Gasteiger partial charge in [-0.2, -0.15) is 0 Å². The summed E-state index contributed by atoms with van der Waals surface area (Å²) < 4.78 is 39.7. The van der Waals surface area contributed by atoms with E-state index in [2.05, 4.69) is 0 Å². The number of esters is 5. The molecule has 1 aliphatic heterocycles. The molecule has 1 saturated heterocycles. The minimum absolute atomic E-state index is 0.0218. The van der Waals surface area contributed by atoms with Crippen LogP contribution in [0.1, 0.15) is 54.4 Å². The van der Waals surface area contributed by atoms with Crippen molar-refractivity contribution in [2.24, 2.45) is 5.41 Å². The lowest BCUT2D eigenvalue weighted by Crippen LogP contribution is -2.62. The van der Waals surface area contributed by atoms with Gasteiger partial charge in [-0.15, -0.1) is 0 Å². The van der Waals surface area contributed by atoms with E-state index >= 15 is 0 Å². The molecule has 0 amide bonds. The SMILES string of the molecule is [2H]C(CC(=O)OCc1ccccc1)C(C)(C)C(=O)OC[C@H]1OC(O)[C@H](OC(C)=O)[C@@H](OC(C)=O)[C@@H]1OC(C)=O. The fraction of sp³-hybridized carbons (Fsp3) is 0.577. The second-order valence-corrected chi connectivity index (χ2v) is 9.16. The number of carbonyl (C=O) groups is 5. The van der Waals surface area contributed by atoms with Crippen LogP contribution in [-0.2, 0) is 59.0 Å². The molecule has 1 fully saturated rings. The Balaban J connectivity index is 2.07. The van der Waals surface area contributed by atoms with Crippen molar-refractivity contribution in [1.29, 1.82) is 0 Å². The summed E-state index contributed by atoms with van der Waals surface area (Å²) in [5, 5.41) is 10.4. The molecule has 1 N–H and O–H groups in total. The average Bonchev–Trinajstić information content (AvgIpc) is 2.85. The number of hydrogen-bond acceptors (Lipinski definition) is 12. The maximum absolute atomic E-state index is 12.9. The predicted molar refractivity (Wildman–Crippen MR) is 128 cm³/mol. The van der Waals surface area contributed by atoms with Crippen LogP contribution < -0.4 is 0 Å². The van der Waals surface area contributed by atoms with Gasteiger partial charge in [-0.3, -0.25) is 24.0 Å². The van der Waals surface area contributed by atoms with E-state index in [4.69, 9.17) is 29.8 Å². The Kier molecular flexibility index (Phi) is 10.6. The van der Waals surface area contributed by atoms with E-state index in [-0.39, 0.29) is 13.0 Å². The largest absolute Gasteiger partial charge is 0.462 e. The van der Waals surface area contributed by atoms with Crippen molar-refractivity contribution < 1.29 is 58.9 Å². The summed E-state index contributed by atoms with van der Waals surface area (Å²) in [7, 11) is 0. The molecular weight excluding hydrogens is 504 g/mol. The first-order chi connectivity index (χ1) is 18.2. The topological polar surface area (TPSA) is 161 Å². The number of rotatable bonds is 11. The summed E-state index contributed by atoms with van der Waals surface area (Å²) in [5.74, 6) is -4.01. The predicted octanol–water partition coefficient (Wildman–Crippen LogP) is 1.59. The summed E-state index contributed by atoms with van der Waals surface area (Å²) in [6.45, 7) is 5.45. The van der Waals surface area contributed by atoms with Gasteiger partial charge < -0.3 is 33.5 Å². The molecule has 0 aromatic heterocycles. The molecule has 2 rings (SSSR count). The lowest BCUT2D eigenvalue weighted by atomic mass is 9.88. The molecule has 38 heavy (non-hydrogen) atoms. The Morgan fingerprint density at radius 1 is 0.895 bits per heavy atom. The molecule has 0 radical (unpaired) electrons. The van der Waals surface area contributed by atoms with Gasteiger partial charge in [0.05, 0.1) is 5.41 Å². The molecule has 12 nitrogen and oxygen atoms in total. The molecule has 0 spiro atoms. The number of aliphatic hydroxyl groups is 1. The van der Waals surface area contributed by atoms with Crippen molar-refractivity contribution in [3.05, 3.63) is 35.9 Å². The van der Waals surface area contributed by atoms with Crippen molar-refractivity contribution in [2.45, 2.75) is 84.7 Å². The fourth-order valence-corrected chi connectivity index (χ4v) is 3.57. The Morgan fingerprint density at radius 2 is 1.45 bits per heavy atom. The van der Waals surface area contributed by atoms with Crippen molar-refractivity contribution in [3.63, 3.8) is 0 Å². The second-order valence-electron chi connectivity index (χ2n) is 9.16. The highest BCUT2D eigenvalue weighted by atomic mass is 16.7. The lowest BCUT2D eigenvalue weighted by Gasteiger charge is -2.42. The third kappa shape index (κ3) is 9.42. The van der Waals surface area contributed by atoms with E-state index in [9.17, 15) is 29.1 Å². The monoisotopic (exact) mass is 539 g/mol. The number of hydrogen-bond donors (Lipinski definition) is 1. The first kappa shape index (κ1) is 29.1. The molecule has 1 aromatic carbocycles. The normalized spacial score (nSPS) is 24.3. The van der Waals surface area contributed by atoms with E-state index in [1.807, 2.05) is 6.07 Å². The summed E-state index contributed by atoms with van der Waals surface area (Å²) in [6.07, 6.45) is -9.20. The molecule has 1 aromatic rings. The average molecular weight is 540 g/mol. The molecule has 6 atom stereocenters. The van der Waals surface area contributed by atoms with Gasteiger partial charge in [0.25, 0.3) is 0 Å². The van der Waals surface area contributed by atoms with Gasteiger partial charge in [0, 0.05) is 28.6 Å². The molecule has 2 unspecified atom stereocenters. The smallest absolute Gasteiger partial charge is 0.311 e. The first-order valence-electron chi connectivity index (χ1n) is 12.4. The highest BCUT2D eigenvalue weighted by Crippen LogP contribution is 2.30. The maximum atomic E-state index is 12.9. The van der Waals surface area contributed by atoms with Gasteiger partial charge in [0.1, 0.15) is 19.3 Å². The molecule has 0 aliphatic carbocycles. The molecule has 1 aliphatic rings. The zero-order valence-corrected chi connectivity index (χ0v) is 21.9. The minimum atomic E-state index is -1.81. The highest BCUT2D eigenvalue weighted by Gasteiger charge is 2.52. The van der Waals surface area contributed by atoms with Crippen LogP contribution in [0.5, 0.6) is 0 Å². The lowest BCUT2D eigenvalue weighted by molar-refractivity contribution is -0.296. The molecule has 1 heterocycles. The van der Waals surface area contributed by atoms with Crippen LogP contribution in [0.15, 0.2) is 30.3 Å². The van der Waals surface area contributed by atoms with Gasteiger partial charge >= 0.3 is 29.8 Å². The van der Waals surface area contributed by atoms with E-state index in [1.165, 1.54) is 13.8 Å². The fourth-order valence-electron chi connectivity index (χ4n) is 3.57. The van der Waals surface area contributed by atoms with E-state index in [1.54, 1.807) is 24.3 Å². The molecule has 210 valence electrons. The van der Waals surface area contributed by atoms with Crippen molar-refractivity contribution in [1.82, 2.24) is 0 Å². The van der Waals surface area contributed by atoms with Gasteiger partial charge in [0.15, 0.2) is 24.6 Å². The standard InChI is InChI=1S/C26H34O12/c1-15(27)35-21-19(38-24(31)23(37-17(3)29)22(21)36-16(2)28)14-34-25(32)26(4,5)12-11-20(30)33-13-18-9-7-6-8-10-18/h6-10,19,21-24,31H,11-14H2,1-5H3/t19-,21-,22+,23-,24?/m1/s1/i12D/t12?,19-,21-,22+,23-,24?. The molecular formula is C26H34O12. The zero-order valence-electron chi connectivity index (χ0n) is 22.9. The third-order valence-corrected chi connectivity index (χ3v) is 5.44. The van der Waals surface area contributed by atoms with Crippen LogP contribution in [0.4, 0.5) is 0 Å². The van der Waals surface area contributed by atoms with Crippen molar-refractivity contribution in [3.8, 4) is 0 Å². The van der Waals surface area contributed by atoms with Gasteiger partial charge in [-0.05, 0) is 25.8 Å². The number of ether oxygens (including phenoxy) is 6. The maximum Gasteiger partial charge on any atom is 0.311 e. The highest BCUT2D eigenvalue weighted by molar-refractivity contribution is 5.77. The Hall–Kier alpha value is -3.51. The molecule has 12 heteroatoms. The van der Waals surface area contributed by atoms with Gasteiger partial charge in [-0.1, -0.05) is 30.3 Å². The summed E-state index contributed by atoms with van der Waals surface area (Å²) in [6, 6.07) is 8.96. The van der Waals surface area contributed by atoms with Crippen LogP contribution in [0, 0.1) is 5.41 Å². The first-order valence-corrected chi connectivity index (χ1v) is 11.9. The minimum Gasteiger partial charge on any atom is -0.462 e. The van der Waals surface area contributed by atoms with Crippen LogP contribution in [0.3, 0.4) is 0 Å². The zero-order chi connectivity index (χ0) is 29.3. The third-order valence-electron chi connectivity index (χ3n) is 5.44. The van der Waals surface area contributed by atoms with Gasteiger partial charge in [0.2, 0.25) is 0 Å². The number of aliphatic hydroxyl groups excluding tert-OH is 1. The van der Waals surface area contributed by atoms with Crippen LogP contribution in [0.25, 0.3) is 0 Å². The Morgan fingerprint density at radius 3 is 2.03 bits per heavy atom.